The normalized spacial score (nSPS) is 16.2. The predicted molar refractivity (Wildman–Crippen MR) is 75.2 cm³/mol. The summed E-state index contributed by atoms with van der Waals surface area (Å²) < 4.78 is 0. The third kappa shape index (κ3) is 3.25. The zero-order chi connectivity index (χ0) is 13.7. The minimum atomic E-state index is 0.0905. The van der Waals surface area contributed by atoms with E-state index in [4.69, 9.17) is 11.0 Å². The second-order valence-electron chi connectivity index (χ2n) is 4.52. The van der Waals surface area contributed by atoms with Crippen LogP contribution in [0.2, 0.25) is 0 Å². The second-order valence-corrected chi connectivity index (χ2v) is 4.52. The van der Waals surface area contributed by atoms with Gasteiger partial charge in [-0.15, -0.1) is 0 Å². The third-order valence-electron chi connectivity index (χ3n) is 2.81. The zero-order valence-corrected chi connectivity index (χ0v) is 11.2. The van der Waals surface area contributed by atoms with Crippen molar-refractivity contribution in [2.45, 2.75) is 6.04 Å². The molecule has 18 heavy (non-hydrogen) atoms. The highest BCUT2D eigenvalue weighted by molar-refractivity contribution is 5.62. The molecule has 0 spiro atoms. The zero-order valence-electron chi connectivity index (χ0n) is 11.2. The summed E-state index contributed by atoms with van der Waals surface area (Å²) in [7, 11) is 5.87. The van der Waals surface area contributed by atoms with Gasteiger partial charge in [-0.05, 0) is 23.9 Å². The molecule has 0 fully saturated rings. The molecule has 1 aliphatic heterocycles. The maximum Gasteiger partial charge on any atom is 0.0992 e. The van der Waals surface area contributed by atoms with Crippen molar-refractivity contribution in [3.8, 4) is 6.07 Å². The summed E-state index contributed by atoms with van der Waals surface area (Å²) in [5, 5.41) is 8.72. The van der Waals surface area contributed by atoms with Gasteiger partial charge >= 0.3 is 0 Å². The van der Waals surface area contributed by atoms with E-state index in [1.807, 2.05) is 44.2 Å². The number of likely N-dealkylation sites (N-methyl/N-ethyl adjacent to an activating group) is 1. The first-order valence-electron chi connectivity index (χ1n) is 5.79. The second kappa shape index (κ2) is 6.08. The molecule has 1 heterocycles. The van der Waals surface area contributed by atoms with E-state index in [1.165, 1.54) is 0 Å². The Balaban J connectivity index is 0.000000280. The van der Waals surface area contributed by atoms with Crippen LogP contribution in [-0.4, -0.2) is 32.6 Å². The highest BCUT2D eigenvalue weighted by Crippen LogP contribution is 2.32. The predicted octanol–water partition coefficient (Wildman–Crippen LogP) is 1.70. The Morgan fingerprint density at radius 2 is 2.17 bits per heavy atom. The lowest BCUT2D eigenvalue weighted by atomic mass is 10.1. The number of nitrogens with two attached hydrogens (primary N) is 1. The highest BCUT2D eigenvalue weighted by atomic mass is 15.1. The van der Waals surface area contributed by atoms with Gasteiger partial charge in [0.15, 0.2) is 0 Å². The van der Waals surface area contributed by atoms with E-state index in [-0.39, 0.29) is 6.04 Å². The van der Waals surface area contributed by atoms with Crippen molar-refractivity contribution >= 4 is 5.69 Å². The van der Waals surface area contributed by atoms with Crippen LogP contribution < -0.4 is 10.6 Å². The maximum absolute atomic E-state index is 8.72. The molecule has 4 nitrogen and oxygen atoms in total. The molecule has 0 aromatic heterocycles. The van der Waals surface area contributed by atoms with E-state index in [9.17, 15) is 0 Å². The van der Waals surface area contributed by atoms with E-state index in [0.29, 0.717) is 5.56 Å². The topological polar surface area (TPSA) is 56.3 Å². The average Bonchev–Trinajstić information content (AvgIpc) is 2.65. The Morgan fingerprint density at radius 1 is 1.56 bits per heavy atom. The molecule has 1 aliphatic rings. The van der Waals surface area contributed by atoms with Gasteiger partial charge in [-0.25, -0.2) is 0 Å². The van der Waals surface area contributed by atoms with Gasteiger partial charge < -0.3 is 15.5 Å². The number of nitriles is 1. The van der Waals surface area contributed by atoms with Crippen molar-refractivity contribution in [2.75, 3.05) is 32.6 Å². The van der Waals surface area contributed by atoms with Crippen LogP contribution in [0.25, 0.3) is 0 Å². The van der Waals surface area contributed by atoms with Crippen LogP contribution in [0, 0.1) is 11.3 Å². The summed E-state index contributed by atoms with van der Waals surface area (Å²) in [4.78, 5) is 3.97. The smallest absolute Gasteiger partial charge is 0.0992 e. The first-order chi connectivity index (χ1) is 8.49. The number of hydrogen-bond acceptors (Lipinski definition) is 4. The maximum atomic E-state index is 8.72. The van der Waals surface area contributed by atoms with Gasteiger partial charge in [0, 0.05) is 39.4 Å². The van der Waals surface area contributed by atoms with Gasteiger partial charge in [0.1, 0.15) is 0 Å². The molecule has 4 heteroatoms. The number of fused-ring (bicyclic) bond motifs is 1. The van der Waals surface area contributed by atoms with Crippen molar-refractivity contribution in [3.05, 3.63) is 42.1 Å². The van der Waals surface area contributed by atoms with Gasteiger partial charge in [-0.3, -0.25) is 0 Å². The van der Waals surface area contributed by atoms with Crippen molar-refractivity contribution in [1.82, 2.24) is 4.90 Å². The molecule has 1 unspecified atom stereocenters. The molecule has 0 saturated heterocycles. The summed E-state index contributed by atoms with van der Waals surface area (Å²) in [6.07, 6.45) is 1.75. The average molecular weight is 244 g/mol. The summed E-state index contributed by atoms with van der Waals surface area (Å²) in [6.45, 7) is 4.32. The van der Waals surface area contributed by atoms with Crippen LogP contribution in [0.1, 0.15) is 17.2 Å². The van der Waals surface area contributed by atoms with Crippen LogP contribution >= 0.6 is 0 Å². The number of anilines is 1. The van der Waals surface area contributed by atoms with Crippen molar-refractivity contribution in [3.63, 3.8) is 0 Å². The van der Waals surface area contributed by atoms with E-state index < -0.39 is 0 Å². The summed E-state index contributed by atoms with van der Waals surface area (Å²) in [6, 6.07) is 7.87. The van der Waals surface area contributed by atoms with Gasteiger partial charge in [0.25, 0.3) is 0 Å². The van der Waals surface area contributed by atoms with Crippen molar-refractivity contribution in [1.29, 1.82) is 5.26 Å². The molecule has 2 N–H and O–H groups in total. The Bertz CT molecular complexity index is 459. The molecule has 0 amide bonds. The highest BCUT2D eigenvalue weighted by Gasteiger charge is 2.22. The summed E-state index contributed by atoms with van der Waals surface area (Å²) in [5.74, 6) is 0. The molecule has 0 aliphatic carbocycles. The molecule has 0 radical (unpaired) electrons. The van der Waals surface area contributed by atoms with Crippen LogP contribution in [-0.2, 0) is 0 Å². The minimum Gasteiger partial charge on any atom is -0.384 e. The molecule has 0 saturated carbocycles. The molecule has 96 valence electrons. The van der Waals surface area contributed by atoms with Crippen LogP contribution in [0.5, 0.6) is 0 Å². The fourth-order valence-corrected chi connectivity index (χ4v) is 1.75. The molecule has 1 aromatic carbocycles. The number of rotatable bonds is 1. The minimum absolute atomic E-state index is 0.0905. The number of benzene rings is 1. The fourth-order valence-electron chi connectivity index (χ4n) is 1.75. The standard InChI is InChI=1S/C10H11N3.C4H9N/c1-13-6-9(12)8-3-2-7(5-11)4-10(8)13;1-4-5(2)3/h2-4,9H,6,12H2,1H3;4H,1H2,2-3H3. The quantitative estimate of drug-likeness (QED) is 0.817. The van der Waals surface area contributed by atoms with E-state index in [2.05, 4.69) is 17.5 Å². The van der Waals surface area contributed by atoms with E-state index in [0.717, 1.165) is 17.8 Å². The third-order valence-corrected chi connectivity index (χ3v) is 2.81. The molecule has 1 atom stereocenters. The number of nitrogens with zero attached hydrogens (tertiary/aromatic N) is 3. The molecule has 0 bridgehead atoms. The monoisotopic (exact) mass is 244 g/mol. The lowest BCUT2D eigenvalue weighted by molar-refractivity contribution is 0.566. The molecule has 2 rings (SSSR count). The van der Waals surface area contributed by atoms with E-state index in [1.54, 1.807) is 6.20 Å². The Morgan fingerprint density at radius 3 is 2.67 bits per heavy atom. The Hall–Kier alpha value is -1.99. The van der Waals surface area contributed by atoms with Crippen molar-refractivity contribution < 1.29 is 0 Å². The molecular formula is C14H20N4. The van der Waals surface area contributed by atoms with Crippen molar-refractivity contribution in [2.24, 2.45) is 5.73 Å². The summed E-state index contributed by atoms with van der Waals surface area (Å²) in [5.41, 5.74) is 8.83. The first kappa shape index (κ1) is 14.1. The van der Waals surface area contributed by atoms with Crippen LogP contribution in [0.4, 0.5) is 5.69 Å². The van der Waals surface area contributed by atoms with Gasteiger partial charge in [-0.2, -0.15) is 5.26 Å². The Kier molecular flexibility index (Phi) is 4.75. The number of hydrogen-bond donors (Lipinski definition) is 1. The summed E-state index contributed by atoms with van der Waals surface area (Å²) >= 11 is 0. The van der Waals surface area contributed by atoms with Crippen LogP contribution in [0.15, 0.2) is 31.0 Å². The lowest BCUT2D eigenvalue weighted by Gasteiger charge is -2.11. The SMILES string of the molecule is C=CN(C)C.CN1CC(N)c2ccc(C#N)cc21. The van der Waals surface area contributed by atoms with Crippen LogP contribution in [0.3, 0.4) is 0 Å². The van der Waals surface area contributed by atoms with Gasteiger partial charge in [0.05, 0.1) is 11.6 Å². The van der Waals surface area contributed by atoms with Gasteiger partial charge in [0.2, 0.25) is 0 Å². The lowest BCUT2D eigenvalue weighted by Crippen LogP contribution is -2.19. The molecule has 1 aromatic rings. The fraction of sp³-hybridized carbons (Fsp3) is 0.357. The first-order valence-corrected chi connectivity index (χ1v) is 5.79. The van der Waals surface area contributed by atoms with E-state index >= 15 is 0 Å². The largest absolute Gasteiger partial charge is 0.384 e. The molecular weight excluding hydrogens is 224 g/mol. The Labute approximate surface area is 109 Å². The van der Waals surface area contributed by atoms with Gasteiger partial charge in [-0.1, -0.05) is 12.6 Å².